The zero-order chi connectivity index (χ0) is 21.6. The predicted octanol–water partition coefficient (Wildman–Crippen LogP) is 6.28. The summed E-state index contributed by atoms with van der Waals surface area (Å²) in [6.07, 6.45) is 1.82. The molecule has 0 radical (unpaired) electrons. The zero-order valence-electron chi connectivity index (χ0n) is 17.5. The van der Waals surface area contributed by atoms with Crippen LogP contribution >= 0.6 is 7.14 Å². The third-order valence-corrected chi connectivity index (χ3v) is 8.63. The van der Waals surface area contributed by atoms with Crippen LogP contribution < -0.4 is 10.6 Å². The molecule has 3 aromatic carbocycles. The van der Waals surface area contributed by atoms with E-state index in [1.807, 2.05) is 49.4 Å². The lowest BCUT2D eigenvalue weighted by atomic mass is 9.94. The van der Waals surface area contributed by atoms with Crippen LogP contribution in [0.2, 0.25) is 0 Å². The van der Waals surface area contributed by atoms with E-state index in [-0.39, 0.29) is 5.31 Å². The summed E-state index contributed by atoms with van der Waals surface area (Å²) < 4.78 is 30.9. The molecular formula is C26H28FO2P. The highest BCUT2D eigenvalue weighted by molar-refractivity contribution is 7.82. The van der Waals surface area contributed by atoms with Crippen LogP contribution in [-0.2, 0) is 10.2 Å². The summed E-state index contributed by atoms with van der Waals surface area (Å²) in [6.45, 7) is 3.45. The topological polar surface area (TPSA) is 37.3 Å². The number of unbranched alkanes of at least 4 members (excludes halogenated alkanes) is 1. The molecule has 0 saturated carbocycles. The molecular weight excluding hydrogens is 394 g/mol. The van der Waals surface area contributed by atoms with Crippen molar-refractivity contribution in [3.63, 3.8) is 0 Å². The molecule has 0 aliphatic rings. The minimum atomic E-state index is -3.49. The quantitative estimate of drug-likeness (QED) is 0.434. The van der Waals surface area contributed by atoms with E-state index in [2.05, 4.69) is 0 Å². The third-order valence-electron chi connectivity index (χ3n) is 5.40. The fourth-order valence-electron chi connectivity index (χ4n) is 3.66. The van der Waals surface area contributed by atoms with Crippen LogP contribution in [0.15, 0.2) is 102 Å². The van der Waals surface area contributed by atoms with Gasteiger partial charge in [0.15, 0.2) is 7.14 Å². The predicted molar refractivity (Wildman–Crippen MR) is 123 cm³/mol. The molecule has 30 heavy (non-hydrogen) atoms. The van der Waals surface area contributed by atoms with E-state index in [4.69, 9.17) is 0 Å². The van der Waals surface area contributed by atoms with Gasteiger partial charge in [0, 0.05) is 15.9 Å². The van der Waals surface area contributed by atoms with E-state index in [1.54, 1.807) is 48.5 Å². The molecule has 1 N–H and O–H groups in total. The molecule has 0 fully saturated rings. The molecule has 0 aromatic heterocycles. The maximum atomic E-state index is 16.2. The maximum Gasteiger partial charge on any atom is 0.169 e. The first-order valence-electron chi connectivity index (χ1n) is 10.3. The van der Waals surface area contributed by atoms with Crippen LogP contribution in [-0.4, -0.2) is 5.11 Å². The van der Waals surface area contributed by atoms with Gasteiger partial charge in [0.25, 0.3) is 0 Å². The van der Waals surface area contributed by atoms with Crippen LogP contribution in [0.5, 0.6) is 0 Å². The molecule has 156 valence electrons. The lowest BCUT2D eigenvalue weighted by Crippen LogP contribution is -2.26. The van der Waals surface area contributed by atoms with Gasteiger partial charge in [-0.15, -0.1) is 0 Å². The Balaban J connectivity index is 2.30. The Bertz CT molecular complexity index is 985. The molecule has 3 aromatic rings. The molecule has 0 heterocycles. The van der Waals surface area contributed by atoms with E-state index in [0.29, 0.717) is 29.0 Å². The smallest absolute Gasteiger partial charge is 0.169 e. The van der Waals surface area contributed by atoms with E-state index in [0.717, 1.165) is 6.42 Å². The van der Waals surface area contributed by atoms with Gasteiger partial charge in [-0.25, -0.2) is 4.39 Å². The molecule has 1 atom stereocenters. The Morgan fingerprint density at radius 1 is 0.867 bits per heavy atom. The molecule has 3 rings (SSSR count). The maximum absolute atomic E-state index is 16.2. The molecule has 0 amide bonds. The highest BCUT2D eigenvalue weighted by Crippen LogP contribution is 2.57. The summed E-state index contributed by atoms with van der Waals surface area (Å²) in [5.74, 6) is -0.724. The summed E-state index contributed by atoms with van der Waals surface area (Å²) in [5.41, 5.74) is -1.44. The van der Waals surface area contributed by atoms with Gasteiger partial charge >= 0.3 is 0 Å². The van der Waals surface area contributed by atoms with E-state index >= 15 is 4.39 Å². The van der Waals surface area contributed by atoms with Crippen LogP contribution in [0.4, 0.5) is 4.39 Å². The first-order valence-corrected chi connectivity index (χ1v) is 12.0. The van der Waals surface area contributed by atoms with Crippen LogP contribution in [0.1, 0.15) is 38.7 Å². The Hall–Kier alpha value is -2.48. The average molecular weight is 422 g/mol. The molecule has 0 bridgehead atoms. The van der Waals surface area contributed by atoms with Crippen molar-refractivity contribution in [2.45, 2.75) is 38.7 Å². The second kappa shape index (κ2) is 9.55. The SMILES string of the molecule is CCCC/C(=C(\F)C(C)(O)c1ccccc1)P(=O)(c1ccccc1)c1ccccc1. The molecule has 0 aliphatic carbocycles. The molecule has 0 aliphatic heterocycles. The standard InChI is InChI=1S/C26H28FO2P/c1-3-4-20-24(25(27)26(2,28)21-14-8-5-9-15-21)30(29,22-16-10-6-11-17-22)23-18-12-7-13-19-23/h5-19,28H,3-4,20H2,1-2H3/b25-24+. The first kappa shape index (κ1) is 22.2. The van der Waals surface area contributed by atoms with Crippen LogP contribution in [0.3, 0.4) is 0 Å². The number of halogens is 1. The molecule has 4 heteroatoms. The lowest BCUT2D eigenvalue weighted by molar-refractivity contribution is 0.0708. The fraction of sp³-hybridized carbons (Fsp3) is 0.231. The van der Waals surface area contributed by atoms with Crippen molar-refractivity contribution in [3.05, 3.63) is 108 Å². The van der Waals surface area contributed by atoms with Crippen LogP contribution in [0.25, 0.3) is 0 Å². The van der Waals surface area contributed by atoms with Gasteiger partial charge in [-0.2, -0.15) is 0 Å². The number of hydrogen-bond donors (Lipinski definition) is 1. The number of benzene rings is 3. The van der Waals surface area contributed by atoms with Crippen molar-refractivity contribution in [1.29, 1.82) is 0 Å². The van der Waals surface area contributed by atoms with Crippen molar-refractivity contribution < 1.29 is 14.1 Å². The van der Waals surface area contributed by atoms with Crippen LogP contribution in [0, 0.1) is 0 Å². The van der Waals surface area contributed by atoms with Gasteiger partial charge in [-0.05, 0) is 25.3 Å². The third kappa shape index (κ3) is 4.33. The summed E-state index contributed by atoms with van der Waals surface area (Å²) in [6, 6.07) is 26.8. The fourth-order valence-corrected chi connectivity index (χ4v) is 6.73. The number of allylic oxidation sites excluding steroid dienone is 1. The normalized spacial score (nSPS) is 14.7. The molecule has 0 spiro atoms. The van der Waals surface area contributed by atoms with Crippen molar-refractivity contribution in [2.75, 3.05) is 0 Å². The van der Waals surface area contributed by atoms with Gasteiger partial charge in [0.1, 0.15) is 11.4 Å². The van der Waals surface area contributed by atoms with Gasteiger partial charge in [-0.1, -0.05) is 104 Å². The molecule has 2 nitrogen and oxygen atoms in total. The minimum absolute atomic E-state index is 0.190. The van der Waals surface area contributed by atoms with Crippen molar-refractivity contribution in [3.8, 4) is 0 Å². The lowest BCUT2D eigenvalue weighted by Gasteiger charge is -2.29. The number of hydrogen-bond acceptors (Lipinski definition) is 2. The second-order valence-electron chi connectivity index (χ2n) is 7.58. The summed E-state index contributed by atoms with van der Waals surface area (Å²) in [4.78, 5) is 0. The first-order chi connectivity index (χ1) is 14.4. The largest absolute Gasteiger partial charge is 0.378 e. The summed E-state index contributed by atoms with van der Waals surface area (Å²) in [5, 5.41) is 12.6. The Morgan fingerprint density at radius 3 is 1.73 bits per heavy atom. The van der Waals surface area contributed by atoms with Gasteiger partial charge < -0.3 is 9.67 Å². The molecule has 1 unspecified atom stereocenters. The average Bonchev–Trinajstić information content (AvgIpc) is 2.80. The second-order valence-corrected chi connectivity index (χ2v) is 10.4. The number of aliphatic hydroxyl groups is 1. The van der Waals surface area contributed by atoms with Gasteiger partial charge in [0.2, 0.25) is 0 Å². The highest BCUT2D eigenvalue weighted by Gasteiger charge is 2.40. The Kier molecular flexibility index (Phi) is 7.07. The summed E-state index contributed by atoms with van der Waals surface area (Å²) in [7, 11) is -3.49. The van der Waals surface area contributed by atoms with Crippen molar-refractivity contribution in [2.24, 2.45) is 0 Å². The van der Waals surface area contributed by atoms with E-state index in [9.17, 15) is 9.67 Å². The minimum Gasteiger partial charge on any atom is -0.378 e. The Morgan fingerprint density at radius 2 is 1.30 bits per heavy atom. The van der Waals surface area contributed by atoms with Gasteiger partial charge in [0.05, 0.1) is 0 Å². The monoisotopic (exact) mass is 422 g/mol. The van der Waals surface area contributed by atoms with E-state index < -0.39 is 18.6 Å². The number of rotatable bonds is 8. The summed E-state index contributed by atoms with van der Waals surface area (Å²) >= 11 is 0. The molecule has 0 saturated heterocycles. The highest BCUT2D eigenvalue weighted by atomic mass is 31.2. The van der Waals surface area contributed by atoms with Gasteiger partial charge in [-0.3, -0.25) is 0 Å². The van der Waals surface area contributed by atoms with Crippen molar-refractivity contribution in [1.82, 2.24) is 0 Å². The van der Waals surface area contributed by atoms with Crippen molar-refractivity contribution >= 4 is 17.8 Å². The van der Waals surface area contributed by atoms with E-state index in [1.165, 1.54) is 6.92 Å². The zero-order valence-corrected chi connectivity index (χ0v) is 18.4. The Labute approximate surface area is 178 Å².